The Hall–Kier alpha value is -3.07. The maximum absolute atomic E-state index is 12.5. The molecule has 1 aliphatic rings. The van der Waals surface area contributed by atoms with Gasteiger partial charge in [0, 0.05) is 55.8 Å². The lowest BCUT2D eigenvalue weighted by atomic mass is 9.89. The number of hydrogen-bond donors (Lipinski definition) is 2. The molecule has 37 heavy (non-hydrogen) atoms. The molecule has 4 amide bonds. The number of likely N-dealkylation sites (tertiary alicyclic amines) is 1. The van der Waals surface area contributed by atoms with Crippen molar-refractivity contribution in [1.82, 2.24) is 10.2 Å². The van der Waals surface area contributed by atoms with Crippen LogP contribution in [0.1, 0.15) is 65.9 Å². The molecule has 1 fully saturated rings. The van der Waals surface area contributed by atoms with Gasteiger partial charge < -0.3 is 20.2 Å². The van der Waals surface area contributed by atoms with E-state index in [2.05, 4.69) is 10.6 Å². The van der Waals surface area contributed by atoms with Crippen LogP contribution >= 0.6 is 0 Å². The molecule has 1 saturated heterocycles. The Labute approximate surface area is 219 Å². The lowest BCUT2D eigenvalue weighted by Crippen LogP contribution is -2.40. The predicted octanol–water partition coefficient (Wildman–Crippen LogP) is 3.12. The molecule has 0 aliphatic carbocycles. The van der Waals surface area contributed by atoms with Gasteiger partial charge in [-0.1, -0.05) is 46.8 Å². The zero-order chi connectivity index (χ0) is 27.6. The van der Waals surface area contributed by atoms with E-state index in [4.69, 9.17) is 4.74 Å². The maximum atomic E-state index is 12.5. The van der Waals surface area contributed by atoms with Crippen LogP contribution in [0, 0.1) is 16.7 Å². The molecular weight excluding hydrogens is 474 g/mol. The summed E-state index contributed by atoms with van der Waals surface area (Å²) in [6.45, 7) is 10.8. The zero-order valence-electron chi connectivity index (χ0n) is 22.7. The van der Waals surface area contributed by atoms with Gasteiger partial charge in [0.1, 0.15) is 6.29 Å². The van der Waals surface area contributed by atoms with Crippen molar-refractivity contribution in [3.8, 4) is 0 Å². The van der Waals surface area contributed by atoms with Gasteiger partial charge in [0.2, 0.25) is 23.6 Å². The molecule has 1 atom stereocenters. The van der Waals surface area contributed by atoms with E-state index in [0.29, 0.717) is 38.3 Å². The third-order valence-corrected chi connectivity index (χ3v) is 6.21. The first-order valence-corrected chi connectivity index (χ1v) is 12.8. The molecule has 0 aromatic heterocycles. The molecule has 0 bridgehead atoms. The molecular formula is C28H41N3O6. The number of nitrogens with zero attached hydrogens (tertiary/aromatic N) is 1. The smallest absolute Gasteiger partial charge is 0.232 e. The third-order valence-electron chi connectivity index (χ3n) is 6.21. The van der Waals surface area contributed by atoms with E-state index in [1.54, 1.807) is 6.92 Å². The normalized spacial score (nSPS) is 16.1. The minimum absolute atomic E-state index is 0.0742. The minimum Gasteiger partial charge on any atom is -0.380 e. The number of aldehydes is 1. The molecule has 1 aliphatic heterocycles. The van der Waals surface area contributed by atoms with Crippen LogP contribution in [0.4, 0.5) is 5.69 Å². The molecule has 1 aromatic rings. The summed E-state index contributed by atoms with van der Waals surface area (Å²) < 4.78 is 5.92. The Morgan fingerprint density at radius 1 is 1.05 bits per heavy atom. The van der Waals surface area contributed by atoms with Crippen LogP contribution in [0.25, 0.3) is 0 Å². The zero-order valence-corrected chi connectivity index (χ0v) is 22.7. The van der Waals surface area contributed by atoms with Crippen molar-refractivity contribution in [3.05, 3.63) is 29.8 Å². The SMILES string of the molecule is CC1CC(=O)N(CCC(=O)NCC(C)(C)COCC(C)(C)CC(=O)Nc2ccc(CCC=O)cc2)C1=O. The Balaban J connectivity index is 1.68. The highest BCUT2D eigenvalue weighted by Crippen LogP contribution is 2.24. The van der Waals surface area contributed by atoms with Crippen LogP contribution in [0.2, 0.25) is 0 Å². The van der Waals surface area contributed by atoms with Gasteiger partial charge in [-0.3, -0.25) is 24.1 Å². The molecule has 2 rings (SSSR count). The molecule has 204 valence electrons. The summed E-state index contributed by atoms with van der Waals surface area (Å²) in [5.41, 5.74) is 1.03. The van der Waals surface area contributed by atoms with Crippen molar-refractivity contribution in [1.29, 1.82) is 0 Å². The Bertz CT molecular complexity index is 971. The summed E-state index contributed by atoms with van der Waals surface area (Å²) in [5.74, 6) is -1.08. The van der Waals surface area contributed by atoms with Gasteiger partial charge >= 0.3 is 0 Å². The minimum atomic E-state index is -0.390. The van der Waals surface area contributed by atoms with Crippen molar-refractivity contribution in [3.63, 3.8) is 0 Å². The predicted molar refractivity (Wildman–Crippen MR) is 141 cm³/mol. The number of anilines is 1. The van der Waals surface area contributed by atoms with E-state index < -0.39 is 0 Å². The summed E-state index contributed by atoms with van der Waals surface area (Å²) in [5, 5.41) is 5.76. The first kappa shape index (κ1) is 30.2. The molecule has 1 unspecified atom stereocenters. The lowest BCUT2D eigenvalue weighted by molar-refractivity contribution is -0.139. The number of imide groups is 1. The van der Waals surface area contributed by atoms with Crippen molar-refractivity contribution in [2.75, 3.05) is 31.6 Å². The fraction of sp³-hybridized carbons (Fsp3) is 0.607. The van der Waals surface area contributed by atoms with Gasteiger partial charge in [-0.05, 0) is 29.5 Å². The molecule has 1 aromatic carbocycles. The largest absolute Gasteiger partial charge is 0.380 e. The van der Waals surface area contributed by atoms with Gasteiger partial charge in [0.05, 0.1) is 13.2 Å². The highest BCUT2D eigenvalue weighted by atomic mass is 16.5. The van der Waals surface area contributed by atoms with E-state index in [1.165, 1.54) is 4.90 Å². The third kappa shape index (κ3) is 10.4. The second kappa shape index (κ2) is 13.5. The standard InChI is InChI=1S/C28H41N3O6/c1-20-15-25(35)31(26(20)36)13-12-23(33)29-17-28(4,5)19-37-18-27(2,3)16-24(34)30-22-10-8-21(9-11-22)7-6-14-32/h8-11,14,20H,6-7,12-13,15-19H2,1-5H3,(H,29,33)(H,30,34). The van der Waals surface area contributed by atoms with Gasteiger partial charge in [-0.2, -0.15) is 0 Å². The first-order valence-electron chi connectivity index (χ1n) is 12.8. The quantitative estimate of drug-likeness (QED) is 0.273. The molecule has 0 radical (unpaired) electrons. The second-order valence-electron chi connectivity index (χ2n) is 11.5. The fourth-order valence-electron chi connectivity index (χ4n) is 4.05. The van der Waals surface area contributed by atoms with E-state index in [9.17, 15) is 24.0 Å². The van der Waals surface area contributed by atoms with Gasteiger partial charge in [0.25, 0.3) is 0 Å². The number of aryl methyl sites for hydroxylation is 1. The molecule has 1 heterocycles. The number of nitrogens with one attached hydrogen (secondary N) is 2. The van der Waals surface area contributed by atoms with Crippen LogP contribution in [0.3, 0.4) is 0 Å². The number of benzene rings is 1. The molecule has 0 spiro atoms. The van der Waals surface area contributed by atoms with Crippen LogP contribution in [0.15, 0.2) is 24.3 Å². The Kier molecular flexibility index (Phi) is 11.0. The fourth-order valence-corrected chi connectivity index (χ4v) is 4.05. The molecule has 9 nitrogen and oxygen atoms in total. The summed E-state index contributed by atoms with van der Waals surface area (Å²) >= 11 is 0. The van der Waals surface area contributed by atoms with Crippen LogP contribution in [0.5, 0.6) is 0 Å². The number of ether oxygens (including phenoxy) is 1. The van der Waals surface area contributed by atoms with Crippen LogP contribution in [-0.2, 0) is 35.1 Å². The maximum Gasteiger partial charge on any atom is 0.232 e. The van der Waals surface area contributed by atoms with Crippen molar-refractivity contribution in [2.45, 2.75) is 66.7 Å². The summed E-state index contributed by atoms with van der Waals surface area (Å²) in [7, 11) is 0. The number of carbonyl (C=O) groups is 5. The molecule has 2 N–H and O–H groups in total. The monoisotopic (exact) mass is 515 g/mol. The van der Waals surface area contributed by atoms with E-state index >= 15 is 0 Å². The first-order chi connectivity index (χ1) is 17.3. The van der Waals surface area contributed by atoms with E-state index in [-0.39, 0.29) is 66.2 Å². The highest BCUT2D eigenvalue weighted by Gasteiger charge is 2.35. The average molecular weight is 516 g/mol. The topological polar surface area (TPSA) is 122 Å². The number of amides is 4. The van der Waals surface area contributed by atoms with Crippen molar-refractivity contribution >= 4 is 35.6 Å². The Morgan fingerprint density at radius 2 is 1.70 bits per heavy atom. The molecule has 0 saturated carbocycles. The Morgan fingerprint density at radius 3 is 2.30 bits per heavy atom. The average Bonchev–Trinajstić information content (AvgIpc) is 3.05. The van der Waals surface area contributed by atoms with Gasteiger partial charge in [-0.15, -0.1) is 0 Å². The highest BCUT2D eigenvalue weighted by molar-refractivity contribution is 6.03. The second-order valence-corrected chi connectivity index (χ2v) is 11.5. The number of hydrogen-bond acceptors (Lipinski definition) is 6. The van der Waals surface area contributed by atoms with Gasteiger partial charge in [-0.25, -0.2) is 0 Å². The summed E-state index contributed by atoms with van der Waals surface area (Å²) in [4.78, 5) is 60.3. The van der Waals surface area contributed by atoms with Gasteiger partial charge in [0.15, 0.2) is 0 Å². The lowest BCUT2D eigenvalue weighted by Gasteiger charge is -2.29. The summed E-state index contributed by atoms with van der Waals surface area (Å²) in [6.07, 6.45) is 2.61. The van der Waals surface area contributed by atoms with Crippen molar-refractivity contribution in [2.24, 2.45) is 16.7 Å². The number of rotatable bonds is 15. The van der Waals surface area contributed by atoms with E-state index in [1.807, 2.05) is 52.0 Å². The van der Waals surface area contributed by atoms with Crippen LogP contribution < -0.4 is 10.6 Å². The van der Waals surface area contributed by atoms with Crippen LogP contribution in [-0.4, -0.2) is 61.1 Å². The number of carbonyl (C=O) groups excluding carboxylic acids is 5. The van der Waals surface area contributed by atoms with Crippen molar-refractivity contribution < 1.29 is 28.7 Å². The summed E-state index contributed by atoms with van der Waals surface area (Å²) in [6, 6.07) is 7.47. The molecule has 9 heteroatoms. The van der Waals surface area contributed by atoms with E-state index in [0.717, 1.165) is 11.8 Å².